The minimum atomic E-state index is -0.0860. The molecule has 1 atom stereocenters. The molecule has 3 heteroatoms. The Labute approximate surface area is 87.7 Å². The first-order chi connectivity index (χ1) is 6.68. The fourth-order valence-corrected chi connectivity index (χ4v) is 1.68. The van der Waals surface area contributed by atoms with Crippen LogP contribution in [0.5, 0.6) is 0 Å². The van der Waals surface area contributed by atoms with Crippen molar-refractivity contribution in [1.82, 2.24) is 4.98 Å². The second-order valence-electron chi connectivity index (χ2n) is 3.35. The van der Waals surface area contributed by atoms with Gasteiger partial charge >= 0.3 is 0 Å². The largest absolute Gasteiger partial charge is 0.323 e. The molecule has 1 aromatic heterocycles. The maximum Gasteiger partial charge on any atom is 0.137 e. The Balaban J connectivity index is 2.72. The van der Waals surface area contributed by atoms with Crippen LogP contribution in [-0.2, 0) is 0 Å². The highest BCUT2D eigenvalue weighted by atomic mass is 35.5. The van der Waals surface area contributed by atoms with Crippen molar-refractivity contribution in [2.75, 3.05) is 0 Å². The highest BCUT2D eigenvalue weighted by molar-refractivity contribution is 6.34. The minimum Gasteiger partial charge on any atom is -0.323 e. The second-order valence-corrected chi connectivity index (χ2v) is 3.71. The van der Waals surface area contributed by atoms with Crippen LogP contribution in [0.15, 0.2) is 30.3 Å². The van der Waals surface area contributed by atoms with Gasteiger partial charge in [0.1, 0.15) is 5.15 Å². The van der Waals surface area contributed by atoms with E-state index in [9.17, 15) is 0 Å². The molecule has 72 valence electrons. The number of rotatable bonds is 1. The van der Waals surface area contributed by atoms with Crippen molar-refractivity contribution in [3.05, 3.63) is 41.2 Å². The van der Waals surface area contributed by atoms with Crippen molar-refractivity contribution < 1.29 is 0 Å². The molecular formula is C11H11ClN2. The monoisotopic (exact) mass is 206 g/mol. The molecule has 14 heavy (non-hydrogen) atoms. The number of nitrogens with two attached hydrogens (primary N) is 1. The van der Waals surface area contributed by atoms with Crippen LogP contribution in [-0.4, -0.2) is 4.98 Å². The van der Waals surface area contributed by atoms with Crippen molar-refractivity contribution >= 4 is 22.4 Å². The van der Waals surface area contributed by atoms with Crippen LogP contribution in [0.1, 0.15) is 18.7 Å². The molecular weight excluding hydrogens is 196 g/mol. The summed E-state index contributed by atoms with van der Waals surface area (Å²) in [7, 11) is 0. The van der Waals surface area contributed by atoms with Gasteiger partial charge in [-0.25, -0.2) is 4.98 Å². The molecule has 0 bridgehead atoms. The first-order valence-electron chi connectivity index (χ1n) is 4.49. The number of halogens is 1. The summed E-state index contributed by atoms with van der Waals surface area (Å²) in [6, 6.07) is 9.78. The summed E-state index contributed by atoms with van der Waals surface area (Å²) in [6.07, 6.45) is 0. The van der Waals surface area contributed by atoms with Gasteiger partial charge in [0.05, 0.1) is 5.69 Å². The second kappa shape index (κ2) is 3.56. The molecule has 1 unspecified atom stereocenters. The standard InChI is InChI=1S/C11H11ClN2/c1-7(13)10-6-8-4-2-3-5-9(8)11(12)14-10/h2-7H,13H2,1H3. The van der Waals surface area contributed by atoms with E-state index in [0.717, 1.165) is 16.5 Å². The van der Waals surface area contributed by atoms with Crippen LogP contribution < -0.4 is 5.73 Å². The first kappa shape index (κ1) is 9.44. The summed E-state index contributed by atoms with van der Waals surface area (Å²) < 4.78 is 0. The number of benzene rings is 1. The predicted molar refractivity (Wildman–Crippen MR) is 59.4 cm³/mol. The summed E-state index contributed by atoms with van der Waals surface area (Å²) in [5.41, 5.74) is 6.58. The van der Waals surface area contributed by atoms with E-state index in [1.807, 2.05) is 37.3 Å². The lowest BCUT2D eigenvalue weighted by Gasteiger charge is -2.07. The Kier molecular flexibility index (Phi) is 2.40. The summed E-state index contributed by atoms with van der Waals surface area (Å²) in [5.74, 6) is 0. The smallest absolute Gasteiger partial charge is 0.137 e. The average molecular weight is 207 g/mol. The SMILES string of the molecule is CC(N)c1cc2ccccc2c(Cl)n1. The van der Waals surface area contributed by atoms with Gasteiger partial charge in [0.25, 0.3) is 0 Å². The Morgan fingerprint density at radius 2 is 2.07 bits per heavy atom. The Bertz CT molecular complexity index is 466. The fraction of sp³-hybridized carbons (Fsp3) is 0.182. The molecule has 0 saturated heterocycles. The van der Waals surface area contributed by atoms with E-state index >= 15 is 0 Å². The molecule has 0 aliphatic carbocycles. The zero-order chi connectivity index (χ0) is 10.1. The fourth-order valence-electron chi connectivity index (χ4n) is 1.41. The predicted octanol–water partition coefficient (Wildman–Crippen LogP) is 2.91. The topological polar surface area (TPSA) is 38.9 Å². The van der Waals surface area contributed by atoms with E-state index in [-0.39, 0.29) is 6.04 Å². The first-order valence-corrected chi connectivity index (χ1v) is 4.87. The van der Waals surface area contributed by atoms with Crippen LogP contribution in [0.3, 0.4) is 0 Å². The lowest BCUT2D eigenvalue weighted by Crippen LogP contribution is -2.07. The van der Waals surface area contributed by atoms with Gasteiger partial charge in [-0.2, -0.15) is 0 Å². The highest BCUT2D eigenvalue weighted by Gasteiger charge is 2.06. The van der Waals surface area contributed by atoms with Gasteiger partial charge in [-0.05, 0) is 18.4 Å². The van der Waals surface area contributed by atoms with Crippen molar-refractivity contribution in [3.63, 3.8) is 0 Å². The van der Waals surface area contributed by atoms with E-state index in [2.05, 4.69) is 4.98 Å². The lowest BCUT2D eigenvalue weighted by molar-refractivity contribution is 0.784. The van der Waals surface area contributed by atoms with Gasteiger partial charge in [-0.1, -0.05) is 35.9 Å². The Morgan fingerprint density at radius 3 is 2.79 bits per heavy atom. The van der Waals surface area contributed by atoms with Gasteiger partial charge in [0.2, 0.25) is 0 Å². The van der Waals surface area contributed by atoms with E-state index in [1.165, 1.54) is 0 Å². The van der Waals surface area contributed by atoms with E-state index in [1.54, 1.807) is 0 Å². The van der Waals surface area contributed by atoms with Crippen molar-refractivity contribution in [1.29, 1.82) is 0 Å². The number of nitrogens with zero attached hydrogens (tertiary/aromatic N) is 1. The quantitative estimate of drug-likeness (QED) is 0.729. The number of fused-ring (bicyclic) bond motifs is 1. The van der Waals surface area contributed by atoms with Crippen molar-refractivity contribution in [2.24, 2.45) is 5.73 Å². The number of hydrogen-bond acceptors (Lipinski definition) is 2. The van der Waals surface area contributed by atoms with Crippen LogP contribution in [0.2, 0.25) is 5.15 Å². The zero-order valence-electron chi connectivity index (χ0n) is 7.87. The van der Waals surface area contributed by atoms with Gasteiger partial charge in [-0.15, -0.1) is 0 Å². The van der Waals surface area contributed by atoms with Crippen molar-refractivity contribution in [3.8, 4) is 0 Å². The number of hydrogen-bond donors (Lipinski definition) is 1. The molecule has 0 saturated carbocycles. The molecule has 0 radical (unpaired) electrons. The molecule has 1 heterocycles. The molecule has 0 fully saturated rings. The molecule has 2 aromatic rings. The Hall–Kier alpha value is -1.12. The summed E-state index contributed by atoms with van der Waals surface area (Å²) in [4.78, 5) is 4.24. The molecule has 1 aromatic carbocycles. The maximum atomic E-state index is 6.04. The lowest BCUT2D eigenvalue weighted by atomic mass is 10.1. The number of pyridine rings is 1. The molecule has 0 amide bonds. The summed E-state index contributed by atoms with van der Waals surface area (Å²) in [5, 5.41) is 2.58. The van der Waals surface area contributed by atoms with Gasteiger partial charge in [0.15, 0.2) is 0 Å². The normalized spacial score (nSPS) is 13.1. The third-order valence-corrected chi connectivity index (χ3v) is 2.47. The summed E-state index contributed by atoms with van der Waals surface area (Å²) >= 11 is 6.04. The van der Waals surface area contributed by atoms with Crippen LogP contribution >= 0.6 is 11.6 Å². The molecule has 0 aliphatic heterocycles. The molecule has 2 nitrogen and oxygen atoms in total. The average Bonchev–Trinajstić information content (AvgIpc) is 2.17. The molecule has 0 aliphatic rings. The highest BCUT2D eigenvalue weighted by Crippen LogP contribution is 2.23. The van der Waals surface area contributed by atoms with Crippen LogP contribution in [0, 0.1) is 0 Å². The third kappa shape index (κ3) is 1.59. The van der Waals surface area contributed by atoms with E-state index < -0.39 is 0 Å². The van der Waals surface area contributed by atoms with Crippen LogP contribution in [0.25, 0.3) is 10.8 Å². The Morgan fingerprint density at radius 1 is 1.36 bits per heavy atom. The van der Waals surface area contributed by atoms with Gasteiger partial charge in [-0.3, -0.25) is 0 Å². The molecule has 2 rings (SSSR count). The number of aromatic nitrogens is 1. The third-order valence-electron chi connectivity index (χ3n) is 2.18. The molecule has 0 spiro atoms. The minimum absolute atomic E-state index is 0.0860. The van der Waals surface area contributed by atoms with Gasteiger partial charge in [0, 0.05) is 11.4 Å². The summed E-state index contributed by atoms with van der Waals surface area (Å²) in [6.45, 7) is 1.90. The zero-order valence-corrected chi connectivity index (χ0v) is 8.62. The molecule has 2 N–H and O–H groups in total. The maximum absolute atomic E-state index is 6.04. The van der Waals surface area contributed by atoms with E-state index in [0.29, 0.717) is 5.15 Å². The van der Waals surface area contributed by atoms with Crippen LogP contribution in [0.4, 0.5) is 0 Å². The van der Waals surface area contributed by atoms with Gasteiger partial charge < -0.3 is 5.73 Å². The van der Waals surface area contributed by atoms with Crippen molar-refractivity contribution in [2.45, 2.75) is 13.0 Å². The van der Waals surface area contributed by atoms with E-state index in [4.69, 9.17) is 17.3 Å².